The number of fused-ring (bicyclic) bond motifs is 1. The highest BCUT2D eigenvalue weighted by Gasteiger charge is 2.15. The molecule has 0 atom stereocenters. The maximum Gasteiger partial charge on any atom is 0.201 e. The van der Waals surface area contributed by atoms with Gasteiger partial charge in [-0.2, -0.15) is 0 Å². The van der Waals surface area contributed by atoms with Crippen LogP contribution in [0.15, 0.2) is 5.16 Å². The average molecular weight is 203 g/mol. The summed E-state index contributed by atoms with van der Waals surface area (Å²) in [6.45, 7) is 2.20. The fourth-order valence-corrected chi connectivity index (χ4v) is 2.33. The van der Waals surface area contributed by atoms with Crippen LogP contribution in [0, 0.1) is 0 Å². The van der Waals surface area contributed by atoms with Crippen LogP contribution in [-0.4, -0.2) is 27.2 Å². The van der Waals surface area contributed by atoms with E-state index in [9.17, 15) is 0 Å². The summed E-state index contributed by atoms with van der Waals surface area (Å²) in [4.78, 5) is 0. The van der Waals surface area contributed by atoms with Gasteiger partial charge in [-0.3, -0.25) is 0 Å². The fourth-order valence-electron chi connectivity index (χ4n) is 1.09. The molecule has 1 aliphatic rings. The van der Waals surface area contributed by atoms with E-state index < -0.39 is 0 Å². The van der Waals surface area contributed by atoms with Gasteiger partial charge >= 0.3 is 0 Å². The van der Waals surface area contributed by atoms with Crippen molar-refractivity contribution in [2.24, 2.45) is 0 Å². The Hall–Kier alpha value is -0.330. The molecule has 0 unspecified atom stereocenters. The van der Waals surface area contributed by atoms with Crippen LogP contribution in [0.3, 0.4) is 0 Å². The van der Waals surface area contributed by atoms with Gasteiger partial charge in [-0.1, -0.05) is 5.87 Å². The molecule has 0 spiro atoms. The van der Waals surface area contributed by atoms with Crippen LogP contribution < -0.4 is 0 Å². The van der Waals surface area contributed by atoms with E-state index in [-0.39, 0.29) is 0 Å². The Morgan fingerprint density at radius 2 is 2.50 bits per heavy atom. The molecule has 0 N–H and O–H groups in total. The molecule has 0 saturated carbocycles. The second-order valence-electron chi connectivity index (χ2n) is 2.32. The van der Waals surface area contributed by atoms with Crippen molar-refractivity contribution in [2.45, 2.75) is 18.3 Å². The number of rotatable bonds is 2. The van der Waals surface area contributed by atoms with E-state index in [1.165, 1.54) is 0 Å². The first-order valence-corrected chi connectivity index (χ1v) is 6.05. The molecule has 0 aromatic carbocycles. The van der Waals surface area contributed by atoms with Crippen molar-refractivity contribution in [3.8, 4) is 0 Å². The quantitative estimate of drug-likeness (QED) is 0.436. The van der Waals surface area contributed by atoms with Crippen LogP contribution in [0.5, 0.6) is 0 Å². The van der Waals surface area contributed by atoms with Crippen molar-refractivity contribution in [3.63, 3.8) is 0 Å². The molecule has 0 radical (unpaired) electrons. The van der Waals surface area contributed by atoms with Crippen molar-refractivity contribution in [1.82, 2.24) is 14.8 Å². The number of hydrogen-bond acceptors (Lipinski definition) is 4. The van der Waals surface area contributed by atoms with E-state index in [4.69, 9.17) is 4.74 Å². The number of hydrogen-bond donors (Lipinski definition) is 1. The summed E-state index contributed by atoms with van der Waals surface area (Å²) >= 11 is 0. The SMILES string of the molecule is C=[SH]Sc1nnc2n1CCOC2. The number of thiol groups is 1. The molecular weight excluding hydrogens is 194 g/mol. The summed E-state index contributed by atoms with van der Waals surface area (Å²) in [6.07, 6.45) is 0. The Kier molecular flexibility index (Phi) is 2.48. The number of aromatic nitrogens is 3. The molecule has 66 valence electrons. The molecule has 2 heterocycles. The van der Waals surface area contributed by atoms with Crippen LogP contribution >= 0.6 is 21.2 Å². The van der Waals surface area contributed by atoms with Crippen LogP contribution in [0.4, 0.5) is 0 Å². The van der Waals surface area contributed by atoms with Crippen molar-refractivity contribution in [1.29, 1.82) is 0 Å². The smallest absolute Gasteiger partial charge is 0.201 e. The van der Waals surface area contributed by atoms with Gasteiger partial charge in [0, 0.05) is 6.54 Å². The van der Waals surface area contributed by atoms with Gasteiger partial charge in [0.05, 0.1) is 6.61 Å². The molecule has 4 nitrogen and oxygen atoms in total. The van der Waals surface area contributed by atoms with Gasteiger partial charge in [0.1, 0.15) is 6.61 Å². The zero-order valence-electron chi connectivity index (χ0n) is 6.43. The lowest BCUT2D eigenvalue weighted by molar-refractivity contribution is 0.0789. The van der Waals surface area contributed by atoms with Crippen molar-refractivity contribution in [2.75, 3.05) is 6.61 Å². The van der Waals surface area contributed by atoms with E-state index >= 15 is 0 Å². The Morgan fingerprint density at radius 3 is 3.33 bits per heavy atom. The van der Waals surface area contributed by atoms with E-state index in [0.717, 1.165) is 34.5 Å². The standard InChI is InChI=1S/C6H9N3OS2/c1-11-12-6-8-7-5-4-10-3-2-9(5)6/h11H,1-4H2. The predicted molar refractivity (Wildman–Crippen MR) is 51.6 cm³/mol. The molecule has 12 heavy (non-hydrogen) atoms. The third kappa shape index (κ3) is 1.41. The van der Waals surface area contributed by atoms with Gasteiger partial charge in [-0.05, 0) is 10.8 Å². The minimum atomic E-state index is 0.585. The monoisotopic (exact) mass is 203 g/mol. The van der Waals surface area contributed by atoms with E-state index in [1.54, 1.807) is 10.8 Å². The number of nitrogens with zero attached hydrogens (tertiary/aromatic N) is 3. The van der Waals surface area contributed by atoms with Crippen LogP contribution in [-0.2, 0) is 17.9 Å². The molecule has 1 aliphatic heterocycles. The summed E-state index contributed by atoms with van der Waals surface area (Å²) in [5, 5.41) is 9.00. The van der Waals surface area contributed by atoms with Crippen LogP contribution in [0.25, 0.3) is 0 Å². The highest BCUT2D eigenvalue weighted by molar-refractivity contribution is 8.74. The predicted octanol–water partition coefficient (Wildman–Crippen LogP) is 0.713. The molecule has 1 aromatic rings. The lowest BCUT2D eigenvalue weighted by Crippen LogP contribution is -2.17. The molecule has 0 amide bonds. The summed E-state index contributed by atoms with van der Waals surface area (Å²) in [6, 6.07) is 0. The molecular formula is C6H9N3OS2. The first kappa shape index (κ1) is 8.28. The molecule has 2 rings (SSSR count). The molecule has 0 bridgehead atoms. The van der Waals surface area contributed by atoms with Gasteiger partial charge in [-0.25, -0.2) is 0 Å². The average Bonchev–Trinajstić information content (AvgIpc) is 2.50. The van der Waals surface area contributed by atoms with E-state index in [1.807, 2.05) is 0 Å². The van der Waals surface area contributed by atoms with E-state index in [0.29, 0.717) is 6.61 Å². The van der Waals surface area contributed by atoms with Gasteiger partial charge in [0.15, 0.2) is 5.82 Å². The van der Waals surface area contributed by atoms with Gasteiger partial charge in [0.2, 0.25) is 5.16 Å². The third-order valence-corrected chi connectivity index (χ3v) is 3.10. The summed E-state index contributed by atoms with van der Waals surface area (Å²) in [5.74, 6) is 4.66. The molecule has 6 heteroatoms. The zero-order valence-corrected chi connectivity index (χ0v) is 8.14. The van der Waals surface area contributed by atoms with Crippen molar-refractivity contribution < 1.29 is 4.74 Å². The Morgan fingerprint density at radius 1 is 1.58 bits per heavy atom. The first-order chi connectivity index (χ1) is 5.92. The Balaban J connectivity index is 2.31. The van der Waals surface area contributed by atoms with E-state index in [2.05, 4.69) is 20.6 Å². The third-order valence-electron chi connectivity index (χ3n) is 1.63. The molecule has 0 saturated heterocycles. The highest BCUT2D eigenvalue weighted by Crippen LogP contribution is 2.24. The molecule has 0 aliphatic carbocycles. The summed E-state index contributed by atoms with van der Waals surface area (Å²) < 4.78 is 7.33. The second kappa shape index (κ2) is 3.59. The zero-order chi connectivity index (χ0) is 8.39. The largest absolute Gasteiger partial charge is 0.372 e. The lowest BCUT2D eigenvalue weighted by Gasteiger charge is -2.14. The number of ether oxygens (including phenoxy) is 1. The minimum Gasteiger partial charge on any atom is -0.372 e. The van der Waals surface area contributed by atoms with Crippen LogP contribution in [0.2, 0.25) is 0 Å². The second-order valence-corrected chi connectivity index (χ2v) is 4.45. The maximum atomic E-state index is 5.24. The Labute approximate surface area is 77.7 Å². The highest BCUT2D eigenvalue weighted by atomic mass is 33.1. The summed E-state index contributed by atoms with van der Waals surface area (Å²) in [7, 11) is 2.60. The van der Waals surface area contributed by atoms with Gasteiger partial charge < -0.3 is 9.30 Å². The Bertz CT molecular complexity index is 299. The molecule has 1 aromatic heterocycles. The fraction of sp³-hybridized carbons (Fsp3) is 0.500. The normalized spacial score (nSPS) is 16.0. The molecule has 0 fully saturated rings. The first-order valence-electron chi connectivity index (χ1n) is 3.54. The lowest BCUT2D eigenvalue weighted by atomic mass is 10.5. The van der Waals surface area contributed by atoms with Crippen molar-refractivity contribution >= 4 is 27.0 Å². The van der Waals surface area contributed by atoms with Gasteiger partial charge in [-0.15, -0.1) is 20.6 Å². The van der Waals surface area contributed by atoms with Crippen LogP contribution in [0.1, 0.15) is 5.82 Å². The van der Waals surface area contributed by atoms with Gasteiger partial charge in [0.25, 0.3) is 0 Å². The summed E-state index contributed by atoms with van der Waals surface area (Å²) in [5.41, 5.74) is 0. The maximum absolute atomic E-state index is 5.24. The van der Waals surface area contributed by atoms with Crippen molar-refractivity contribution in [3.05, 3.63) is 5.82 Å². The minimum absolute atomic E-state index is 0.585. The topological polar surface area (TPSA) is 39.9 Å².